The zero-order chi connectivity index (χ0) is 15.2. The first-order chi connectivity index (χ1) is 10.8. The van der Waals surface area contributed by atoms with E-state index in [1.54, 1.807) is 0 Å². The summed E-state index contributed by atoms with van der Waals surface area (Å²) in [5.41, 5.74) is 9.78. The Bertz CT molecular complexity index is 516. The van der Waals surface area contributed by atoms with Gasteiger partial charge in [-0.25, -0.2) is 4.99 Å². The number of hydrogen-bond acceptors (Lipinski definition) is 2. The minimum atomic E-state index is 0.503. The minimum absolute atomic E-state index is 0.503. The highest BCUT2D eigenvalue weighted by molar-refractivity contribution is 5.78. The summed E-state index contributed by atoms with van der Waals surface area (Å²) in [6.07, 6.45) is 12.6. The van der Waals surface area contributed by atoms with Crippen LogP contribution in [0.25, 0.3) is 0 Å². The van der Waals surface area contributed by atoms with Crippen LogP contribution in [0.1, 0.15) is 68.3 Å². The van der Waals surface area contributed by atoms with E-state index in [0.29, 0.717) is 18.5 Å². The maximum absolute atomic E-state index is 6.05. The lowest BCUT2D eigenvalue weighted by Gasteiger charge is -2.17. The molecule has 2 aliphatic carbocycles. The van der Waals surface area contributed by atoms with Gasteiger partial charge in [0.25, 0.3) is 0 Å². The summed E-state index contributed by atoms with van der Waals surface area (Å²) in [5, 5.41) is 3.39. The maximum atomic E-state index is 6.05. The molecule has 4 heteroatoms. The number of pyridine rings is 1. The van der Waals surface area contributed by atoms with Gasteiger partial charge >= 0.3 is 0 Å². The molecule has 1 saturated carbocycles. The van der Waals surface area contributed by atoms with Crippen LogP contribution in [-0.4, -0.2) is 17.0 Å². The monoisotopic (exact) mass is 300 g/mol. The first-order valence-electron chi connectivity index (χ1n) is 8.85. The lowest BCUT2D eigenvalue weighted by molar-refractivity contribution is 0.530. The fraction of sp³-hybridized carbons (Fsp3) is 0.667. The summed E-state index contributed by atoms with van der Waals surface area (Å²) in [5.74, 6) is 0.575. The zero-order valence-corrected chi connectivity index (χ0v) is 13.5. The van der Waals surface area contributed by atoms with Crippen LogP contribution in [0.3, 0.4) is 0 Å². The van der Waals surface area contributed by atoms with Gasteiger partial charge in [-0.3, -0.25) is 4.98 Å². The molecule has 1 heterocycles. The predicted molar refractivity (Wildman–Crippen MR) is 90.8 cm³/mol. The van der Waals surface area contributed by atoms with Crippen molar-refractivity contribution in [1.82, 2.24) is 10.3 Å². The summed E-state index contributed by atoms with van der Waals surface area (Å²) in [7, 11) is 0. The molecular weight excluding hydrogens is 272 g/mol. The Labute approximate surface area is 133 Å². The summed E-state index contributed by atoms with van der Waals surface area (Å²) in [6.45, 7) is 0.582. The molecule has 0 aliphatic heterocycles. The highest BCUT2D eigenvalue weighted by Gasteiger charge is 2.13. The van der Waals surface area contributed by atoms with Crippen LogP contribution in [0.15, 0.2) is 17.1 Å². The van der Waals surface area contributed by atoms with Crippen LogP contribution in [0.4, 0.5) is 0 Å². The molecule has 0 aromatic carbocycles. The normalized spacial score (nSPS) is 20.3. The van der Waals surface area contributed by atoms with Crippen LogP contribution < -0.4 is 11.1 Å². The number of nitrogens with one attached hydrogen (secondary N) is 1. The maximum Gasteiger partial charge on any atom is 0.189 e. The van der Waals surface area contributed by atoms with Crippen LogP contribution in [-0.2, 0) is 19.4 Å². The number of hydrogen-bond donors (Lipinski definition) is 2. The van der Waals surface area contributed by atoms with Gasteiger partial charge in [-0.15, -0.1) is 0 Å². The van der Waals surface area contributed by atoms with Gasteiger partial charge in [0, 0.05) is 11.7 Å². The second kappa shape index (κ2) is 7.61. The van der Waals surface area contributed by atoms with Crippen LogP contribution >= 0.6 is 0 Å². The summed E-state index contributed by atoms with van der Waals surface area (Å²) < 4.78 is 0. The largest absolute Gasteiger partial charge is 0.370 e. The molecule has 0 unspecified atom stereocenters. The van der Waals surface area contributed by atoms with E-state index >= 15 is 0 Å². The molecular formula is C18H28N4. The third-order valence-corrected chi connectivity index (χ3v) is 4.85. The average Bonchev–Trinajstić information content (AvgIpc) is 2.81. The fourth-order valence-electron chi connectivity index (χ4n) is 3.56. The molecule has 1 aromatic heterocycles. The fourth-order valence-corrected chi connectivity index (χ4v) is 3.56. The summed E-state index contributed by atoms with van der Waals surface area (Å²) >= 11 is 0. The van der Waals surface area contributed by atoms with E-state index in [9.17, 15) is 0 Å². The van der Waals surface area contributed by atoms with Gasteiger partial charge in [0.05, 0.1) is 12.2 Å². The first-order valence-corrected chi connectivity index (χ1v) is 8.85. The quantitative estimate of drug-likeness (QED) is 0.512. The SMILES string of the molecule is NC(=NCc1ccc2c(n1)CCCC2)NC1CCCCCC1. The van der Waals surface area contributed by atoms with Crippen LogP contribution in [0, 0.1) is 0 Å². The summed E-state index contributed by atoms with van der Waals surface area (Å²) in [4.78, 5) is 9.25. The lowest BCUT2D eigenvalue weighted by Crippen LogP contribution is -2.39. The molecule has 1 fully saturated rings. The average molecular weight is 300 g/mol. The smallest absolute Gasteiger partial charge is 0.189 e. The van der Waals surface area contributed by atoms with E-state index in [1.807, 2.05) is 0 Å². The van der Waals surface area contributed by atoms with Crippen molar-refractivity contribution in [2.75, 3.05) is 0 Å². The molecule has 0 spiro atoms. The molecule has 0 atom stereocenters. The molecule has 3 rings (SSSR count). The molecule has 0 radical (unpaired) electrons. The Kier molecular flexibility index (Phi) is 5.30. The van der Waals surface area contributed by atoms with Gasteiger partial charge in [0.2, 0.25) is 0 Å². The van der Waals surface area contributed by atoms with Crippen molar-refractivity contribution in [3.8, 4) is 0 Å². The van der Waals surface area contributed by atoms with Gasteiger partial charge in [-0.1, -0.05) is 31.7 Å². The number of nitrogens with two attached hydrogens (primary N) is 1. The number of aryl methyl sites for hydroxylation is 2. The standard InChI is InChI=1S/C18H28N4/c19-18(22-15-8-3-1-2-4-9-15)20-13-16-12-11-14-7-5-6-10-17(14)21-16/h11-12,15H,1-10,13H2,(H3,19,20,22). The van der Waals surface area contributed by atoms with Crippen molar-refractivity contribution in [2.45, 2.75) is 76.8 Å². The topological polar surface area (TPSA) is 63.3 Å². The second-order valence-corrected chi connectivity index (χ2v) is 6.65. The Morgan fingerprint density at radius 2 is 1.86 bits per heavy atom. The van der Waals surface area contributed by atoms with Gasteiger partial charge in [-0.2, -0.15) is 0 Å². The summed E-state index contributed by atoms with van der Waals surface area (Å²) in [6, 6.07) is 4.83. The number of fused-ring (bicyclic) bond motifs is 1. The van der Waals surface area contributed by atoms with Crippen LogP contribution in [0.2, 0.25) is 0 Å². The van der Waals surface area contributed by atoms with Crippen molar-refractivity contribution in [1.29, 1.82) is 0 Å². The Morgan fingerprint density at radius 1 is 1.09 bits per heavy atom. The van der Waals surface area contributed by atoms with Crippen molar-refractivity contribution in [2.24, 2.45) is 10.7 Å². The van der Waals surface area contributed by atoms with E-state index in [1.165, 1.54) is 69.0 Å². The molecule has 22 heavy (non-hydrogen) atoms. The van der Waals surface area contributed by atoms with Crippen molar-refractivity contribution in [3.63, 3.8) is 0 Å². The van der Waals surface area contributed by atoms with Crippen molar-refractivity contribution < 1.29 is 0 Å². The Balaban J connectivity index is 1.55. The molecule has 2 aliphatic rings. The van der Waals surface area contributed by atoms with Crippen LogP contribution in [0.5, 0.6) is 0 Å². The highest BCUT2D eigenvalue weighted by Crippen LogP contribution is 2.20. The second-order valence-electron chi connectivity index (χ2n) is 6.65. The van der Waals surface area contributed by atoms with Crippen molar-refractivity contribution >= 4 is 5.96 Å². The first kappa shape index (κ1) is 15.3. The molecule has 4 nitrogen and oxygen atoms in total. The number of aliphatic imine (C=N–C) groups is 1. The van der Waals surface area contributed by atoms with Gasteiger partial charge in [0.15, 0.2) is 5.96 Å². The van der Waals surface area contributed by atoms with Gasteiger partial charge in [0.1, 0.15) is 0 Å². The molecule has 0 bridgehead atoms. The van der Waals surface area contributed by atoms with Crippen molar-refractivity contribution in [3.05, 3.63) is 29.1 Å². The van der Waals surface area contributed by atoms with Gasteiger partial charge in [-0.05, 0) is 50.2 Å². The molecule has 0 amide bonds. The number of rotatable bonds is 3. The lowest BCUT2D eigenvalue weighted by atomic mass is 9.96. The van der Waals surface area contributed by atoms with E-state index in [0.717, 1.165) is 12.1 Å². The Hall–Kier alpha value is -1.58. The Morgan fingerprint density at radius 3 is 2.68 bits per heavy atom. The number of guanidine groups is 1. The number of nitrogens with zero attached hydrogens (tertiary/aromatic N) is 2. The minimum Gasteiger partial charge on any atom is -0.370 e. The molecule has 120 valence electrons. The third-order valence-electron chi connectivity index (χ3n) is 4.85. The third kappa shape index (κ3) is 4.21. The molecule has 3 N–H and O–H groups in total. The van der Waals surface area contributed by atoms with Gasteiger partial charge < -0.3 is 11.1 Å². The number of aromatic nitrogens is 1. The molecule has 1 aromatic rings. The van der Waals surface area contributed by atoms with E-state index in [4.69, 9.17) is 10.7 Å². The van der Waals surface area contributed by atoms with E-state index in [2.05, 4.69) is 22.4 Å². The van der Waals surface area contributed by atoms with E-state index in [-0.39, 0.29) is 0 Å². The predicted octanol–water partition coefficient (Wildman–Crippen LogP) is 3.09. The highest BCUT2D eigenvalue weighted by atomic mass is 15.1. The molecule has 0 saturated heterocycles. The zero-order valence-electron chi connectivity index (χ0n) is 13.5. The van der Waals surface area contributed by atoms with E-state index < -0.39 is 0 Å².